The highest BCUT2D eigenvalue weighted by molar-refractivity contribution is 7.89. The Morgan fingerprint density at radius 1 is 0.615 bits per heavy atom. The minimum atomic E-state index is -3.97. The van der Waals surface area contributed by atoms with Crippen molar-refractivity contribution in [3.63, 3.8) is 0 Å². The monoisotopic (exact) mass is 719 g/mol. The van der Waals surface area contributed by atoms with E-state index >= 15 is 0 Å². The molecule has 2 aliphatic rings. The molecule has 8 rings (SSSR count). The van der Waals surface area contributed by atoms with Crippen molar-refractivity contribution in [3.8, 4) is 0 Å². The number of sulfonamides is 1. The number of nitrogens with zero attached hydrogens (tertiary/aromatic N) is 2. The second-order valence-corrected chi connectivity index (χ2v) is 14.7. The summed E-state index contributed by atoms with van der Waals surface area (Å²) in [4.78, 5) is 58.1. The van der Waals surface area contributed by atoms with Gasteiger partial charge in [-0.15, -0.1) is 0 Å². The van der Waals surface area contributed by atoms with E-state index in [1.165, 1.54) is 29.2 Å². The van der Waals surface area contributed by atoms with Crippen LogP contribution >= 0.6 is 0 Å². The lowest BCUT2D eigenvalue weighted by atomic mass is 9.82. The van der Waals surface area contributed by atoms with Crippen molar-refractivity contribution >= 4 is 82.4 Å². The number of hydrogen-bond donors (Lipinski definition) is 1. The molecule has 0 aliphatic carbocycles. The van der Waals surface area contributed by atoms with Gasteiger partial charge in [-0.1, -0.05) is 24.3 Å². The van der Waals surface area contributed by atoms with E-state index in [1.54, 1.807) is 38.3 Å². The van der Waals surface area contributed by atoms with E-state index in [2.05, 4.69) is 0 Å². The van der Waals surface area contributed by atoms with Gasteiger partial charge in [0.25, 0.3) is 23.6 Å². The van der Waals surface area contributed by atoms with E-state index in [-0.39, 0.29) is 23.3 Å². The molecule has 6 aromatic rings. The Hall–Kier alpha value is -5.31. The number of primary sulfonamides is 1. The van der Waals surface area contributed by atoms with Crippen LogP contribution < -0.4 is 10.0 Å². The third-order valence-corrected chi connectivity index (χ3v) is 10.9. The van der Waals surface area contributed by atoms with Gasteiger partial charge >= 0.3 is 0 Å². The molecule has 2 atom stereocenters. The maximum absolute atomic E-state index is 14.0. The fraction of sp³-hybridized carbons (Fsp3) is 0.231. The molecule has 0 spiro atoms. The SMILES string of the molecule is COCCOCC(C)OCC(C)N1C(=O)c2ccc3c4ccc5c6c(ccc(c7ccc(c2c37)C1=O)c64)C(=O)N(c1ccc(S(N)(=O)=O)cc1)C5=O. The third kappa shape index (κ3) is 5.07. The molecule has 2 aliphatic heterocycles. The highest BCUT2D eigenvalue weighted by atomic mass is 32.2. The Bertz CT molecular complexity index is 2500. The predicted molar refractivity (Wildman–Crippen MR) is 195 cm³/mol. The van der Waals surface area contributed by atoms with Crippen molar-refractivity contribution in [2.24, 2.45) is 5.14 Å². The topological polar surface area (TPSA) is 163 Å². The van der Waals surface area contributed by atoms with Gasteiger partial charge in [-0.2, -0.15) is 0 Å². The average Bonchev–Trinajstić information content (AvgIpc) is 3.13. The summed E-state index contributed by atoms with van der Waals surface area (Å²) in [6, 6.07) is 18.9. The number of methoxy groups -OCH3 is 1. The van der Waals surface area contributed by atoms with Crippen molar-refractivity contribution in [1.29, 1.82) is 0 Å². The summed E-state index contributed by atoms with van der Waals surface area (Å²) in [5.74, 6) is -1.93. The summed E-state index contributed by atoms with van der Waals surface area (Å²) in [5, 5.41) is 10.9. The van der Waals surface area contributed by atoms with Crippen molar-refractivity contribution in [2.45, 2.75) is 30.9 Å². The van der Waals surface area contributed by atoms with Crippen LogP contribution in [0, 0.1) is 0 Å². The average molecular weight is 720 g/mol. The predicted octanol–water partition coefficient (Wildman–Crippen LogP) is 5.24. The van der Waals surface area contributed by atoms with Gasteiger partial charge < -0.3 is 14.2 Å². The van der Waals surface area contributed by atoms with Crippen LogP contribution in [-0.2, 0) is 24.2 Å². The molecule has 0 bridgehead atoms. The third-order valence-electron chi connectivity index (χ3n) is 9.94. The Kier molecular flexibility index (Phi) is 8.08. The number of carbonyl (C=O) groups is 4. The van der Waals surface area contributed by atoms with Crippen LogP contribution in [0.2, 0.25) is 0 Å². The number of imide groups is 2. The van der Waals surface area contributed by atoms with Gasteiger partial charge in [0.1, 0.15) is 0 Å². The zero-order valence-electron chi connectivity index (χ0n) is 28.5. The molecule has 2 N–H and O–H groups in total. The summed E-state index contributed by atoms with van der Waals surface area (Å²) < 4.78 is 40.1. The Balaban J connectivity index is 1.19. The van der Waals surface area contributed by atoms with Gasteiger partial charge in [0.05, 0.1) is 49.2 Å². The molecule has 13 heteroatoms. The Morgan fingerprint density at radius 3 is 1.52 bits per heavy atom. The number of benzene rings is 6. The zero-order valence-corrected chi connectivity index (χ0v) is 29.3. The van der Waals surface area contributed by atoms with Gasteiger partial charge in [-0.3, -0.25) is 24.1 Å². The highest BCUT2D eigenvalue weighted by Gasteiger charge is 2.39. The van der Waals surface area contributed by atoms with Crippen molar-refractivity contribution < 1.29 is 41.8 Å². The molecule has 0 aromatic heterocycles. The molecule has 6 aromatic carbocycles. The molecule has 4 amide bonds. The lowest BCUT2D eigenvalue weighted by Crippen LogP contribution is -2.48. The maximum atomic E-state index is 14.0. The highest BCUT2D eigenvalue weighted by Crippen LogP contribution is 2.46. The maximum Gasteiger partial charge on any atom is 0.265 e. The summed E-state index contributed by atoms with van der Waals surface area (Å²) in [7, 11) is -2.37. The molecular weight excluding hydrogens is 687 g/mol. The van der Waals surface area contributed by atoms with E-state index in [1.807, 2.05) is 31.2 Å². The van der Waals surface area contributed by atoms with Gasteiger partial charge in [-0.05, 0) is 94.7 Å². The normalized spacial score (nSPS) is 15.9. The summed E-state index contributed by atoms with van der Waals surface area (Å²) >= 11 is 0. The van der Waals surface area contributed by atoms with Gasteiger partial charge in [0, 0.05) is 40.1 Å². The minimum Gasteiger partial charge on any atom is -0.382 e. The number of ether oxygens (including phenoxy) is 3. The number of amides is 4. The molecule has 0 radical (unpaired) electrons. The van der Waals surface area contributed by atoms with Gasteiger partial charge in [0.15, 0.2) is 0 Å². The van der Waals surface area contributed by atoms with E-state index in [9.17, 15) is 27.6 Å². The van der Waals surface area contributed by atoms with Crippen LogP contribution in [0.4, 0.5) is 5.69 Å². The van der Waals surface area contributed by atoms with Crippen molar-refractivity contribution in [1.82, 2.24) is 4.90 Å². The fourth-order valence-corrected chi connectivity index (χ4v) is 8.04. The molecule has 0 fully saturated rings. The number of fused-ring (bicyclic) bond motifs is 2. The van der Waals surface area contributed by atoms with E-state index in [0.717, 1.165) is 37.2 Å². The van der Waals surface area contributed by atoms with E-state index in [4.69, 9.17) is 19.3 Å². The van der Waals surface area contributed by atoms with Crippen LogP contribution in [0.25, 0.3) is 43.1 Å². The first-order valence-electron chi connectivity index (χ1n) is 16.7. The molecule has 52 heavy (non-hydrogen) atoms. The second kappa shape index (κ2) is 12.4. The number of nitrogens with two attached hydrogens (primary N) is 1. The quantitative estimate of drug-likeness (QED) is 0.0817. The molecular formula is C39H33N3O9S. The van der Waals surface area contributed by atoms with Crippen LogP contribution in [0.5, 0.6) is 0 Å². The smallest absolute Gasteiger partial charge is 0.265 e. The molecule has 0 saturated carbocycles. The summed E-state index contributed by atoms with van der Waals surface area (Å²) in [6.45, 7) is 5.04. The van der Waals surface area contributed by atoms with Crippen LogP contribution in [0.15, 0.2) is 77.7 Å². The molecule has 2 heterocycles. The molecule has 264 valence electrons. The Morgan fingerprint density at radius 2 is 1.08 bits per heavy atom. The first-order valence-corrected chi connectivity index (χ1v) is 18.2. The number of carbonyl (C=O) groups excluding carboxylic acids is 4. The van der Waals surface area contributed by atoms with Crippen molar-refractivity contribution in [3.05, 3.63) is 95.1 Å². The van der Waals surface area contributed by atoms with Gasteiger partial charge in [-0.25, -0.2) is 18.5 Å². The van der Waals surface area contributed by atoms with Crippen LogP contribution in [0.1, 0.15) is 55.3 Å². The van der Waals surface area contributed by atoms with E-state index < -0.39 is 39.7 Å². The first-order chi connectivity index (χ1) is 24.9. The lowest BCUT2D eigenvalue weighted by Gasteiger charge is -2.33. The first kappa shape index (κ1) is 33.8. The fourth-order valence-electron chi connectivity index (χ4n) is 7.52. The number of hydrogen-bond acceptors (Lipinski definition) is 9. The molecule has 0 saturated heterocycles. The molecule has 2 unspecified atom stereocenters. The summed E-state index contributed by atoms with van der Waals surface area (Å²) in [6.07, 6.45) is -0.255. The van der Waals surface area contributed by atoms with Crippen LogP contribution in [0.3, 0.4) is 0 Å². The summed E-state index contributed by atoms with van der Waals surface area (Å²) in [5.41, 5.74) is 1.64. The van der Waals surface area contributed by atoms with Crippen LogP contribution in [-0.4, -0.2) is 82.6 Å². The number of rotatable bonds is 11. The zero-order chi connectivity index (χ0) is 36.6. The second-order valence-electron chi connectivity index (χ2n) is 13.2. The standard InChI is InChI=1S/C39H33N3O9S/c1-20(18-51-21(2)19-50-17-16-49-3)41-36(43)28-12-8-24-26-10-14-30-35-31(39(46)42(38(30)45)22-4-6-23(7-5-22)52(40,47)48)15-11-27(33(26)35)25-9-13-29(37(41)44)34(28)32(24)25/h4-15,20-21H,16-19H2,1-3H3,(H2,40,47,48). The van der Waals surface area contributed by atoms with Gasteiger partial charge in [0.2, 0.25) is 10.0 Å². The van der Waals surface area contributed by atoms with Crippen molar-refractivity contribution in [2.75, 3.05) is 38.4 Å². The van der Waals surface area contributed by atoms with E-state index in [0.29, 0.717) is 52.8 Å². The largest absolute Gasteiger partial charge is 0.382 e. The number of anilines is 1. The Labute approximate surface area is 298 Å². The lowest BCUT2D eigenvalue weighted by molar-refractivity contribution is -0.0312. The molecule has 12 nitrogen and oxygen atoms in total. The minimum absolute atomic E-state index is 0.136.